The first kappa shape index (κ1) is 7.63. The second-order valence-corrected chi connectivity index (χ2v) is 3.50. The van der Waals surface area contributed by atoms with Crippen LogP contribution < -0.4 is 0 Å². The first-order valence-corrected chi connectivity index (χ1v) is 3.70. The van der Waals surface area contributed by atoms with Crippen LogP contribution in [0.5, 0.6) is 0 Å². The van der Waals surface area contributed by atoms with Gasteiger partial charge in [-0.2, -0.15) is 0 Å². The summed E-state index contributed by atoms with van der Waals surface area (Å²) in [5.41, 5.74) is -0.519. The van der Waals surface area contributed by atoms with Gasteiger partial charge < -0.3 is 5.11 Å². The Morgan fingerprint density at radius 1 is 1.50 bits per heavy atom. The van der Waals surface area contributed by atoms with Gasteiger partial charge in [0.05, 0.1) is 5.60 Å². The average molecular weight is 138 g/mol. The van der Waals surface area contributed by atoms with Crippen LogP contribution in [0.2, 0.25) is 0 Å². The molecule has 1 aliphatic carbocycles. The predicted octanol–water partition coefficient (Wildman–Crippen LogP) is 1.42. The van der Waals surface area contributed by atoms with Crippen molar-refractivity contribution in [2.75, 3.05) is 0 Å². The van der Waals surface area contributed by atoms with Crippen molar-refractivity contribution in [3.05, 3.63) is 0 Å². The van der Waals surface area contributed by atoms with Gasteiger partial charge in [0.2, 0.25) is 0 Å². The Balaban J connectivity index is 2.44. The van der Waals surface area contributed by atoms with Crippen molar-refractivity contribution in [3.8, 4) is 11.8 Å². The van der Waals surface area contributed by atoms with Crippen molar-refractivity contribution in [3.63, 3.8) is 0 Å². The molecule has 0 saturated heterocycles. The van der Waals surface area contributed by atoms with E-state index >= 15 is 0 Å². The number of hydrogen-bond donors (Lipinski definition) is 1. The Labute approximate surface area is 62.4 Å². The molecule has 0 heterocycles. The van der Waals surface area contributed by atoms with Crippen LogP contribution >= 0.6 is 0 Å². The number of rotatable bonds is 1. The molecule has 2 atom stereocenters. The van der Waals surface area contributed by atoms with E-state index in [4.69, 9.17) is 0 Å². The monoisotopic (exact) mass is 138 g/mol. The third-order valence-electron chi connectivity index (χ3n) is 2.03. The van der Waals surface area contributed by atoms with Gasteiger partial charge in [-0.15, -0.1) is 5.92 Å². The Hall–Kier alpha value is -0.480. The highest BCUT2D eigenvalue weighted by molar-refractivity contribution is 5.14. The van der Waals surface area contributed by atoms with Gasteiger partial charge in [-0.25, -0.2) is 0 Å². The van der Waals surface area contributed by atoms with Crippen molar-refractivity contribution in [2.24, 2.45) is 11.8 Å². The lowest BCUT2D eigenvalue weighted by Gasteiger charge is -2.15. The van der Waals surface area contributed by atoms with Gasteiger partial charge in [0.25, 0.3) is 0 Å². The molecule has 0 bridgehead atoms. The lowest BCUT2D eigenvalue weighted by molar-refractivity contribution is 0.0537. The lowest BCUT2D eigenvalue weighted by atomic mass is 10.0. The maximum Gasteiger partial charge on any atom is 0.0632 e. The standard InChI is InChI=1S/C9H14O/c1-4-5-7-6-8(7)9(2,3)10/h7-8,10H,6H2,1-3H3/t7-,8-/m1/s1. The summed E-state index contributed by atoms with van der Waals surface area (Å²) in [4.78, 5) is 0. The minimum atomic E-state index is -0.519. The highest BCUT2D eigenvalue weighted by atomic mass is 16.3. The van der Waals surface area contributed by atoms with Crippen molar-refractivity contribution in [1.82, 2.24) is 0 Å². The molecule has 0 radical (unpaired) electrons. The zero-order valence-electron chi connectivity index (χ0n) is 6.81. The lowest BCUT2D eigenvalue weighted by Crippen LogP contribution is -2.22. The molecule has 0 amide bonds. The van der Waals surface area contributed by atoms with Crippen LogP contribution in [-0.4, -0.2) is 10.7 Å². The third kappa shape index (κ3) is 1.52. The molecule has 56 valence electrons. The Morgan fingerprint density at radius 2 is 2.10 bits per heavy atom. The van der Waals surface area contributed by atoms with Crippen LogP contribution in [0.3, 0.4) is 0 Å². The Kier molecular flexibility index (Phi) is 1.74. The maximum atomic E-state index is 9.49. The SMILES string of the molecule is CC#C[C@@H]1C[C@H]1C(C)(C)O. The van der Waals surface area contributed by atoms with E-state index in [0.717, 1.165) is 6.42 Å². The minimum absolute atomic E-state index is 0.417. The van der Waals surface area contributed by atoms with Gasteiger partial charge in [0, 0.05) is 11.8 Å². The van der Waals surface area contributed by atoms with Crippen molar-refractivity contribution < 1.29 is 5.11 Å². The summed E-state index contributed by atoms with van der Waals surface area (Å²) >= 11 is 0. The highest BCUT2D eigenvalue weighted by Crippen LogP contribution is 2.45. The summed E-state index contributed by atoms with van der Waals surface area (Å²) < 4.78 is 0. The molecular weight excluding hydrogens is 124 g/mol. The molecule has 1 nitrogen and oxygen atoms in total. The second-order valence-electron chi connectivity index (χ2n) is 3.50. The van der Waals surface area contributed by atoms with E-state index in [2.05, 4.69) is 11.8 Å². The summed E-state index contributed by atoms with van der Waals surface area (Å²) in [6.45, 7) is 5.56. The summed E-state index contributed by atoms with van der Waals surface area (Å²) in [5.74, 6) is 6.82. The molecule has 1 rings (SSSR count). The van der Waals surface area contributed by atoms with Crippen LogP contribution in [0.25, 0.3) is 0 Å². The first-order chi connectivity index (χ1) is 4.55. The maximum absolute atomic E-state index is 9.49. The molecule has 0 aliphatic heterocycles. The first-order valence-electron chi connectivity index (χ1n) is 3.70. The van der Waals surface area contributed by atoms with E-state index in [1.807, 2.05) is 20.8 Å². The minimum Gasteiger partial charge on any atom is -0.390 e. The van der Waals surface area contributed by atoms with E-state index in [-0.39, 0.29) is 0 Å². The van der Waals surface area contributed by atoms with Crippen LogP contribution in [0.4, 0.5) is 0 Å². The van der Waals surface area contributed by atoms with Gasteiger partial charge >= 0.3 is 0 Å². The molecule has 1 N–H and O–H groups in total. The fraction of sp³-hybridized carbons (Fsp3) is 0.778. The molecule has 0 aromatic heterocycles. The molecule has 0 aromatic carbocycles. The van der Waals surface area contributed by atoms with E-state index < -0.39 is 5.60 Å². The summed E-state index contributed by atoms with van der Waals surface area (Å²) in [5, 5.41) is 9.49. The number of aliphatic hydroxyl groups is 1. The molecule has 0 unspecified atom stereocenters. The van der Waals surface area contributed by atoms with Gasteiger partial charge in [0.1, 0.15) is 0 Å². The van der Waals surface area contributed by atoms with Crippen LogP contribution in [0, 0.1) is 23.7 Å². The second kappa shape index (κ2) is 2.29. The predicted molar refractivity (Wildman–Crippen MR) is 41.3 cm³/mol. The molecule has 1 saturated carbocycles. The van der Waals surface area contributed by atoms with Gasteiger partial charge in [-0.05, 0) is 27.2 Å². The Morgan fingerprint density at radius 3 is 2.40 bits per heavy atom. The molecule has 0 spiro atoms. The third-order valence-corrected chi connectivity index (χ3v) is 2.03. The van der Waals surface area contributed by atoms with Crippen LogP contribution in [-0.2, 0) is 0 Å². The van der Waals surface area contributed by atoms with Crippen molar-refractivity contribution in [1.29, 1.82) is 0 Å². The molecule has 1 heteroatoms. The fourth-order valence-electron chi connectivity index (χ4n) is 1.32. The molecular formula is C9H14O. The normalized spacial score (nSPS) is 30.8. The number of hydrogen-bond acceptors (Lipinski definition) is 1. The van der Waals surface area contributed by atoms with E-state index in [1.54, 1.807) is 0 Å². The molecule has 1 fully saturated rings. The largest absolute Gasteiger partial charge is 0.390 e. The zero-order valence-corrected chi connectivity index (χ0v) is 6.81. The topological polar surface area (TPSA) is 20.2 Å². The van der Waals surface area contributed by atoms with E-state index in [0.29, 0.717) is 11.8 Å². The van der Waals surface area contributed by atoms with Gasteiger partial charge in [-0.1, -0.05) is 5.92 Å². The zero-order chi connectivity index (χ0) is 7.78. The van der Waals surface area contributed by atoms with Crippen molar-refractivity contribution in [2.45, 2.75) is 32.8 Å². The summed E-state index contributed by atoms with van der Waals surface area (Å²) in [6, 6.07) is 0. The summed E-state index contributed by atoms with van der Waals surface area (Å²) in [6.07, 6.45) is 1.07. The highest BCUT2D eigenvalue weighted by Gasteiger charge is 2.45. The molecule has 0 aromatic rings. The fourth-order valence-corrected chi connectivity index (χ4v) is 1.32. The molecule has 1 aliphatic rings. The van der Waals surface area contributed by atoms with Crippen LogP contribution in [0.1, 0.15) is 27.2 Å². The van der Waals surface area contributed by atoms with Gasteiger partial charge in [-0.3, -0.25) is 0 Å². The summed E-state index contributed by atoms with van der Waals surface area (Å²) in [7, 11) is 0. The Bertz CT molecular complexity index is 177. The van der Waals surface area contributed by atoms with E-state index in [1.165, 1.54) is 0 Å². The van der Waals surface area contributed by atoms with E-state index in [9.17, 15) is 5.11 Å². The quantitative estimate of drug-likeness (QED) is 0.543. The van der Waals surface area contributed by atoms with Crippen LogP contribution in [0.15, 0.2) is 0 Å². The van der Waals surface area contributed by atoms with Crippen molar-refractivity contribution >= 4 is 0 Å². The smallest absolute Gasteiger partial charge is 0.0632 e. The van der Waals surface area contributed by atoms with Gasteiger partial charge in [0.15, 0.2) is 0 Å². The average Bonchev–Trinajstić information content (AvgIpc) is 2.44. The molecule has 10 heavy (non-hydrogen) atoms.